The molecule has 1 aromatic heterocycles. The van der Waals surface area contributed by atoms with Gasteiger partial charge < -0.3 is 10.1 Å². The zero-order valence-corrected chi connectivity index (χ0v) is 12.9. The summed E-state index contributed by atoms with van der Waals surface area (Å²) in [5.41, 5.74) is 2.76. The van der Waals surface area contributed by atoms with Crippen molar-refractivity contribution in [2.75, 3.05) is 0 Å². The van der Waals surface area contributed by atoms with E-state index in [1.54, 1.807) is 25.1 Å². The van der Waals surface area contributed by atoms with Gasteiger partial charge in [0, 0.05) is 11.1 Å². The van der Waals surface area contributed by atoms with Crippen molar-refractivity contribution in [1.29, 1.82) is 0 Å². The molecule has 23 heavy (non-hydrogen) atoms. The van der Waals surface area contributed by atoms with Gasteiger partial charge in [-0.15, -0.1) is 0 Å². The van der Waals surface area contributed by atoms with E-state index in [-0.39, 0.29) is 11.3 Å². The quantitative estimate of drug-likeness (QED) is 0.777. The van der Waals surface area contributed by atoms with Crippen LogP contribution in [0, 0.1) is 6.92 Å². The van der Waals surface area contributed by atoms with Crippen LogP contribution in [-0.4, -0.2) is 15.1 Å². The molecule has 3 rings (SSSR count). The first kappa shape index (κ1) is 15.0. The van der Waals surface area contributed by atoms with Crippen LogP contribution in [0.2, 0.25) is 0 Å². The van der Waals surface area contributed by atoms with E-state index in [0.717, 1.165) is 12.0 Å². The van der Waals surface area contributed by atoms with Crippen LogP contribution in [0.15, 0.2) is 59.4 Å². The molecule has 2 N–H and O–H groups in total. The van der Waals surface area contributed by atoms with Crippen molar-refractivity contribution >= 4 is 0 Å². The van der Waals surface area contributed by atoms with Gasteiger partial charge in [0.05, 0.1) is 5.69 Å². The van der Waals surface area contributed by atoms with E-state index in [4.69, 9.17) is 0 Å². The summed E-state index contributed by atoms with van der Waals surface area (Å²) < 4.78 is 0. The van der Waals surface area contributed by atoms with Crippen molar-refractivity contribution < 1.29 is 5.11 Å². The Kier molecular flexibility index (Phi) is 4.24. The second-order valence-corrected chi connectivity index (χ2v) is 5.48. The minimum absolute atomic E-state index is 0.131. The molecular weight excluding hydrogens is 288 g/mol. The smallest absolute Gasteiger partial charge is 0.254 e. The summed E-state index contributed by atoms with van der Waals surface area (Å²) in [6, 6.07) is 17.0. The Morgan fingerprint density at radius 2 is 1.70 bits per heavy atom. The fraction of sp³-hybridized carbons (Fsp3) is 0.158. The number of phenols is 1. The molecule has 0 fully saturated rings. The van der Waals surface area contributed by atoms with Crippen molar-refractivity contribution in [1.82, 2.24) is 9.97 Å². The first-order valence-corrected chi connectivity index (χ1v) is 7.57. The van der Waals surface area contributed by atoms with Gasteiger partial charge in [0.2, 0.25) is 0 Å². The SMILES string of the molecule is Cc1nc(-c2ccccc2O)c(CCc2ccccc2)c(=O)[nH]1. The van der Waals surface area contributed by atoms with Crippen molar-refractivity contribution in [3.8, 4) is 17.0 Å². The molecule has 0 radical (unpaired) electrons. The summed E-state index contributed by atoms with van der Waals surface area (Å²) in [5, 5.41) is 10.1. The first-order chi connectivity index (χ1) is 11.1. The summed E-state index contributed by atoms with van der Waals surface area (Å²) in [6.45, 7) is 1.74. The van der Waals surface area contributed by atoms with E-state index in [1.807, 2.05) is 36.4 Å². The molecule has 0 amide bonds. The van der Waals surface area contributed by atoms with Crippen LogP contribution in [0.5, 0.6) is 5.75 Å². The molecule has 2 aromatic carbocycles. The average Bonchev–Trinajstić information content (AvgIpc) is 2.55. The van der Waals surface area contributed by atoms with E-state index in [1.165, 1.54) is 0 Å². The van der Waals surface area contributed by atoms with Crippen LogP contribution >= 0.6 is 0 Å². The third-order valence-electron chi connectivity index (χ3n) is 3.80. The molecule has 0 saturated carbocycles. The van der Waals surface area contributed by atoms with Crippen LogP contribution in [0.3, 0.4) is 0 Å². The second-order valence-electron chi connectivity index (χ2n) is 5.48. The van der Waals surface area contributed by atoms with Crippen molar-refractivity contribution in [2.24, 2.45) is 0 Å². The molecule has 0 spiro atoms. The largest absolute Gasteiger partial charge is 0.507 e. The molecule has 116 valence electrons. The maximum Gasteiger partial charge on any atom is 0.254 e. The maximum atomic E-state index is 12.4. The summed E-state index contributed by atoms with van der Waals surface area (Å²) in [6.07, 6.45) is 1.31. The van der Waals surface area contributed by atoms with E-state index in [2.05, 4.69) is 9.97 Å². The Morgan fingerprint density at radius 3 is 2.43 bits per heavy atom. The standard InChI is InChI=1S/C19H18N2O2/c1-13-20-18(15-9-5-6-10-17(15)22)16(19(23)21-13)12-11-14-7-3-2-4-8-14/h2-10,22H,11-12H2,1H3,(H,20,21,23). The van der Waals surface area contributed by atoms with Gasteiger partial charge in [0.15, 0.2) is 0 Å². The third kappa shape index (κ3) is 3.31. The normalized spacial score (nSPS) is 10.7. The number of para-hydroxylation sites is 1. The van der Waals surface area contributed by atoms with Crippen molar-refractivity contribution in [3.05, 3.63) is 81.9 Å². The number of rotatable bonds is 4. The molecule has 0 unspecified atom stereocenters. The highest BCUT2D eigenvalue weighted by molar-refractivity contribution is 5.69. The number of aromatic nitrogens is 2. The van der Waals surface area contributed by atoms with Gasteiger partial charge in [0.25, 0.3) is 5.56 Å². The molecule has 0 aliphatic rings. The topological polar surface area (TPSA) is 66.0 Å². The van der Waals surface area contributed by atoms with E-state index in [0.29, 0.717) is 29.1 Å². The molecule has 4 nitrogen and oxygen atoms in total. The van der Waals surface area contributed by atoms with Gasteiger partial charge >= 0.3 is 0 Å². The first-order valence-electron chi connectivity index (χ1n) is 7.57. The van der Waals surface area contributed by atoms with Crippen LogP contribution in [0.1, 0.15) is 17.0 Å². The number of phenolic OH excluding ortho intramolecular Hbond substituents is 1. The number of nitrogens with zero attached hydrogens (tertiary/aromatic N) is 1. The summed E-state index contributed by atoms with van der Waals surface area (Å²) in [5.74, 6) is 0.669. The maximum absolute atomic E-state index is 12.4. The third-order valence-corrected chi connectivity index (χ3v) is 3.80. The van der Waals surface area contributed by atoms with E-state index >= 15 is 0 Å². The van der Waals surface area contributed by atoms with E-state index in [9.17, 15) is 9.90 Å². The number of aryl methyl sites for hydroxylation is 2. The van der Waals surface area contributed by atoms with Gasteiger partial charge in [0.1, 0.15) is 11.6 Å². The number of aromatic amines is 1. The number of nitrogens with one attached hydrogen (secondary N) is 1. The molecule has 4 heteroatoms. The molecule has 0 atom stereocenters. The lowest BCUT2D eigenvalue weighted by Gasteiger charge is -2.10. The van der Waals surface area contributed by atoms with Gasteiger partial charge in [-0.1, -0.05) is 42.5 Å². The van der Waals surface area contributed by atoms with E-state index < -0.39 is 0 Å². The fourth-order valence-electron chi connectivity index (χ4n) is 2.65. The Morgan fingerprint density at radius 1 is 1.00 bits per heavy atom. The molecule has 1 heterocycles. The van der Waals surface area contributed by atoms with Gasteiger partial charge in [-0.25, -0.2) is 4.98 Å². The highest BCUT2D eigenvalue weighted by Gasteiger charge is 2.15. The minimum Gasteiger partial charge on any atom is -0.507 e. The van der Waals surface area contributed by atoms with Gasteiger partial charge in [-0.3, -0.25) is 4.79 Å². The minimum atomic E-state index is -0.147. The molecule has 0 saturated heterocycles. The zero-order valence-electron chi connectivity index (χ0n) is 12.9. The average molecular weight is 306 g/mol. The fourth-order valence-corrected chi connectivity index (χ4v) is 2.65. The lowest BCUT2D eigenvalue weighted by atomic mass is 10.00. The number of aromatic hydroxyl groups is 1. The van der Waals surface area contributed by atoms with Crippen LogP contribution in [0.25, 0.3) is 11.3 Å². The highest BCUT2D eigenvalue weighted by Crippen LogP contribution is 2.29. The predicted molar refractivity (Wildman–Crippen MR) is 90.5 cm³/mol. The monoisotopic (exact) mass is 306 g/mol. The summed E-state index contributed by atoms with van der Waals surface area (Å²) >= 11 is 0. The van der Waals surface area contributed by atoms with Gasteiger partial charge in [-0.05, 0) is 37.5 Å². The Hall–Kier alpha value is -2.88. The van der Waals surface area contributed by atoms with Crippen LogP contribution in [0.4, 0.5) is 0 Å². The highest BCUT2D eigenvalue weighted by atomic mass is 16.3. The van der Waals surface area contributed by atoms with Crippen LogP contribution in [-0.2, 0) is 12.8 Å². The predicted octanol–water partition coefficient (Wildman–Crippen LogP) is 3.24. The molecule has 3 aromatic rings. The van der Waals surface area contributed by atoms with Gasteiger partial charge in [-0.2, -0.15) is 0 Å². The zero-order chi connectivity index (χ0) is 16.2. The Bertz CT molecular complexity index is 870. The molecule has 0 aliphatic heterocycles. The molecule has 0 aliphatic carbocycles. The Labute approximate surface area is 134 Å². The number of H-pyrrole nitrogens is 1. The number of hydrogen-bond donors (Lipinski definition) is 2. The second kappa shape index (κ2) is 6.48. The van der Waals surface area contributed by atoms with Crippen molar-refractivity contribution in [2.45, 2.75) is 19.8 Å². The lowest BCUT2D eigenvalue weighted by Crippen LogP contribution is -2.18. The summed E-state index contributed by atoms with van der Waals surface area (Å²) in [4.78, 5) is 19.6. The summed E-state index contributed by atoms with van der Waals surface area (Å²) in [7, 11) is 0. The Balaban J connectivity index is 2.02. The molecular formula is C19H18N2O2. The molecule has 0 bridgehead atoms. The van der Waals surface area contributed by atoms with Crippen molar-refractivity contribution in [3.63, 3.8) is 0 Å². The number of hydrogen-bond acceptors (Lipinski definition) is 3. The lowest BCUT2D eigenvalue weighted by molar-refractivity contribution is 0.477. The van der Waals surface area contributed by atoms with Crippen LogP contribution < -0.4 is 5.56 Å². The number of benzene rings is 2.